The number of rotatable bonds is 2. The van der Waals surface area contributed by atoms with Crippen LogP contribution in [0, 0.1) is 6.92 Å². The number of nitrogens with zero attached hydrogens (tertiary/aromatic N) is 2. The van der Waals surface area contributed by atoms with E-state index in [0.717, 1.165) is 26.2 Å². The molecule has 0 unspecified atom stereocenters. The van der Waals surface area contributed by atoms with E-state index in [-0.39, 0.29) is 5.54 Å². The van der Waals surface area contributed by atoms with Crippen molar-refractivity contribution >= 4 is 11.3 Å². The summed E-state index contributed by atoms with van der Waals surface area (Å²) in [4.78, 5) is 8.22. The Hall–Kier alpha value is -0.450. The first-order valence-electron chi connectivity index (χ1n) is 5.43. The Kier molecular flexibility index (Phi) is 3.09. The molecule has 1 aliphatic heterocycles. The monoisotopic (exact) mass is 225 g/mol. The maximum atomic E-state index is 4.29. The van der Waals surface area contributed by atoms with Gasteiger partial charge < -0.3 is 5.32 Å². The highest BCUT2D eigenvalue weighted by molar-refractivity contribution is 7.09. The fourth-order valence-electron chi connectivity index (χ4n) is 2.06. The van der Waals surface area contributed by atoms with Crippen molar-refractivity contribution in [3.8, 4) is 0 Å². The Morgan fingerprint density at radius 3 is 3.00 bits per heavy atom. The van der Waals surface area contributed by atoms with Crippen LogP contribution in [0.3, 0.4) is 0 Å². The van der Waals surface area contributed by atoms with Gasteiger partial charge in [-0.1, -0.05) is 0 Å². The van der Waals surface area contributed by atoms with E-state index in [9.17, 15) is 0 Å². The lowest BCUT2D eigenvalue weighted by molar-refractivity contribution is 0.149. The van der Waals surface area contributed by atoms with Crippen LogP contribution in [-0.4, -0.2) is 35.1 Å². The molecule has 4 heteroatoms. The van der Waals surface area contributed by atoms with Crippen molar-refractivity contribution in [1.82, 2.24) is 15.2 Å². The fraction of sp³-hybridized carbons (Fsp3) is 0.727. The Morgan fingerprint density at radius 1 is 1.60 bits per heavy atom. The molecule has 2 heterocycles. The number of aryl methyl sites for hydroxylation is 1. The van der Waals surface area contributed by atoms with E-state index < -0.39 is 0 Å². The summed E-state index contributed by atoms with van der Waals surface area (Å²) in [5.74, 6) is 0. The first kappa shape index (κ1) is 11.0. The lowest BCUT2D eigenvalue weighted by Crippen LogP contribution is -2.56. The first-order chi connectivity index (χ1) is 7.07. The second-order valence-corrected chi connectivity index (χ2v) is 5.82. The predicted octanol–water partition coefficient (Wildman–Crippen LogP) is 1.64. The van der Waals surface area contributed by atoms with Crippen LogP contribution in [0.25, 0.3) is 0 Å². The molecule has 1 saturated heterocycles. The molecule has 0 saturated carbocycles. The van der Waals surface area contributed by atoms with E-state index in [2.05, 4.69) is 36.0 Å². The summed E-state index contributed by atoms with van der Waals surface area (Å²) < 4.78 is 0. The molecule has 1 aromatic heterocycles. The Bertz CT molecular complexity index is 332. The minimum absolute atomic E-state index is 0.247. The molecule has 1 aromatic rings. The Balaban J connectivity index is 1.98. The van der Waals surface area contributed by atoms with Crippen LogP contribution >= 0.6 is 11.3 Å². The van der Waals surface area contributed by atoms with Crippen LogP contribution in [0.5, 0.6) is 0 Å². The highest BCUT2D eigenvalue weighted by Gasteiger charge is 2.25. The second-order valence-electron chi connectivity index (χ2n) is 4.88. The van der Waals surface area contributed by atoms with E-state index in [1.165, 1.54) is 10.6 Å². The lowest BCUT2D eigenvalue weighted by atomic mass is 10.0. The second kappa shape index (κ2) is 4.20. The molecule has 0 bridgehead atoms. The molecule has 1 fully saturated rings. The van der Waals surface area contributed by atoms with E-state index in [1.807, 2.05) is 5.51 Å². The highest BCUT2D eigenvalue weighted by Crippen LogP contribution is 2.18. The van der Waals surface area contributed by atoms with Gasteiger partial charge in [0.25, 0.3) is 0 Å². The summed E-state index contributed by atoms with van der Waals surface area (Å²) in [6, 6.07) is 0. The van der Waals surface area contributed by atoms with E-state index in [4.69, 9.17) is 0 Å². The summed E-state index contributed by atoms with van der Waals surface area (Å²) in [6.07, 6.45) is 0. The third kappa shape index (κ3) is 2.77. The van der Waals surface area contributed by atoms with Gasteiger partial charge in [-0.15, -0.1) is 11.3 Å². The number of hydrogen-bond acceptors (Lipinski definition) is 4. The van der Waals surface area contributed by atoms with Gasteiger partial charge in [0.1, 0.15) is 0 Å². The maximum absolute atomic E-state index is 4.29. The molecule has 0 aromatic carbocycles. The van der Waals surface area contributed by atoms with Gasteiger partial charge in [-0.2, -0.15) is 0 Å². The highest BCUT2D eigenvalue weighted by atomic mass is 32.1. The number of aromatic nitrogens is 1. The summed E-state index contributed by atoms with van der Waals surface area (Å²) in [7, 11) is 0. The van der Waals surface area contributed by atoms with Crippen molar-refractivity contribution in [2.45, 2.75) is 32.9 Å². The fourth-order valence-corrected chi connectivity index (χ4v) is 2.88. The Labute approximate surface area is 95.5 Å². The molecule has 3 nitrogen and oxygen atoms in total. The zero-order chi connectivity index (χ0) is 10.9. The molecule has 15 heavy (non-hydrogen) atoms. The molecular weight excluding hydrogens is 206 g/mol. The molecular formula is C11H19N3S. The molecule has 0 atom stereocenters. The van der Waals surface area contributed by atoms with Crippen LogP contribution in [0.1, 0.15) is 24.4 Å². The molecule has 1 N–H and O–H groups in total. The average Bonchev–Trinajstić information content (AvgIpc) is 2.50. The number of hydrogen-bond donors (Lipinski definition) is 1. The van der Waals surface area contributed by atoms with Crippen LogP contribution in [0.15, 0.2) is 5.51 Å². The van der Waals surface area contributed by atoms with E-state index >= 15 is 0 Å². The molecule has 1 aliphatic rings. The average molecular weight is 225 g/mol. The normalized spacial score (nSPS) is 21.8. The lowest BCUT2D eigenvalue weighted by Gasteiger charge is -2.39. The summed E-state index contributed by atoms with van der Waals surface area (Å²) >= 11 is 1.77. The van der Waals surface area contributed by atoms with Gasteiger partial charge in [0, 0.05) is 36.6 Å². The van der Waals surface area contributed by atoms with Gasteiger partial charge in [0.05, 0.1) is 11.2 Å². The number of piperazine rings is 1. The van der Waals surface area contributed by atoms with Crippen molar-refractivity contribution in [3.05, 3.63) is 16.1 Å². The van der Waals surface area contributed by atoms with Crippen LogP contribution in [-0.2, 0) is 6.54 Å². The first-order valence-corrected chi connectivity index (χ1v) is 6.31. The quantitative estimate of drug-likeness (QED) is 0.829. The van der Waals surface area contributed by atoms with Crippen LogP contribution in [0.4, 0.5) is 0 Å². The topological polar surface area (TPSA) is 28.2 Å². The van der Waals surface area contributed by atoms with Gasteiger partial charge in [-0.25, -0.2) is 4.98 Å². The smallest absolute Gasteiger partial charge is 0.0798 e. The summed E-state index contributed by atoms with van der Waals surface area (Å²) in [5, 5.41) is 3.53. The Morgan fingerprint density at radius 2 is 2.40 bits per heavy atom. The molecule has 0 aliphatic carbocycles. The predicted molar refractivity (Wildman–Crippen MR) is 64.2 cm³/mol. The molecule has 84 valence electrons. The van der Waals surface area contributed by atoms with Gasteiger partial charge in [-0.05, 0) is 20.8 Å². The maximum Gasteiger partial charge on any atom is 0.0798 e. The number of thiazole rings is 1. The van der Waals surface area contributed by atoms with Gasteiger partial charge in [-0.3, -0.25) is 4.90 Å². The van der Waals surface area contributed by atoms with Crippen molar-refractivity contribution in [2.75, 3.05) is 19.6 Å². The van der Waals surface area contributed by atoms with Crippen LogP contribution < -0.4 is 5.32 Å². The summed E-state index contributed by atoms with van der Waals surface area (Å²) in [6.45, 7) is 11.0. The molecule has 0 radical (unpaired) electrons. The van der Waals surface area contributed by atoms with Gasteiger partial charge in [0.2, 0.25) is 0 Å². The third-order valence-electron chi connectivity index (χ3n) is 2.86. The standard InChI is InChI=1S/C11H19N3S/c1-9-10(15-8-12-9)6-14-5-4-13-11(2,3)7-14/h8,13H,4-7H2,1-3H3. The summed E-state index contributed by atoms with van der Waals surface area (Å²) in [5.41, 5.74) is 3.38. The SMILES string of the molecule is Cc1ncsc1CN1CCNC(C)(C)C1. The van der Waals surface area contributed by atoms with Gasteiger partial charge >= 0.3 is 0 Å². The largest absolute Gasteiger partial charge is 0.309 e. The zero-order valence-corrected chi connectivity index (χ0v) is 10.5. The van der Waals surface area contributed by atoms with Crippen molar-refractivity contribution in [1.29, 1.82) is 0 Å². The van der Waals surface area contributed by atoms with Crippen LogP contribution in [0.2, 0.25) is 0 Å². The van der Waals surface area contributed by atoms with Gasteiger partial charge in [0.15, 0.2) is 0 Å². The van der Waals surface area contributed by atoms with Crippen molar-refractivity contribution in [2.24, 2.45) is 0 Å². The molecule has 0 spiro atoms. The number of nitrogens with one attached hydrogen (secondary N) is 1. The minimum atomic E-state index is 0.247. The zero-order valence-electron chi connectivity index (χ0n) is 9.71. The van der Waals surface area contributed by atoms with E-state index in [0.29, 0.717) is 0 Å². The molecule has 0 amide bonds. The van der Waals surface area contributed by atoms with E-state index in [1.54, 1.807) is 11.3 Å². The van der Waals surface area contributed by atoms with Crippen molar-refractivity contribution in [3.63, 3.8) is 0 Å². The third-order valence-corrected chi connectivity index (χ3v) is 3.78. The van der Waals surface area contributed by atoms with Crippen molar-refractivity contribution < 1.29 is 0 Å². The minimum Gasteiger partial charge on any atom is -0.309 e. The molecule has 2 rings (SSSR count).